The van der Waals surface area contributed by atoms with E-state index in [1.54, 1.807) is 11.9 Å². The molecule has 0 radical (unpaired) electrons. The van der Waals surface area contributed by atoms with Gasteiger partial charge in [-0.25, -0.2) is 4.79 Å². The first-order chi connectivity index (χ1) is 16.2. The van der Waals surface area contributed by atoms with Crippen LogP contribution in [0.25, 0.3) is 0 Å². The number of aliphatic hydroxyl groups excluding tert-OH is 1. The van der Waals surface area contributed by atoms with Gasteiger partial charge in [-0.3, -0.25) is 4.79 Å². The lowest BCUT2D eigenvalue weighted by Crippen LogP contribution is -2.35. The van der Waals surface area contributed by atoms with Crippen molar-refractivity contribution in [2.75, 3.05) is 33.3 Å². The highest BCUT2D eigenvalue weighted by molar-refractivity contribution is 5.69. The molecule has 0 rings (SSSR count). The number of hydrogen-bond donors (Lipinski definition) is 2. The summed E-state index contributed by atoms with van der Waals surface area (Å²) < 4.78 is 10.6. The Morgan fingerprint density at radius 1 is 0.912 bits per heavy atom. The zero-order chi connectivity index (χ0) is 25.7. The van der Waals surface area contributed by atoms with Crippen molar-refractivity contribution in [3.8, 4) is 0 Å². The molecule has 0 aromatic carbocycles. The fourth-order valence-corrected chi connectivity index (χ4v) is 3.54. The number of carbonyl (C=O) groups excluding carboxylic acids is 2. The Kier molecular flexibility index (Phi) is 20.2. The van der Waals surface area contributed by atoms with Gasteiger partial charge in [0.15, 0.2) is 0 Å². The maximum Gasteiger partial charge on any atom is 0.410 e. The molecule has 7 nitrogen and oxygen atoms in total. The molecule has 1 atom stereocenters. The Bertz CT molecular complexity index is 508. The standard InChI is InChI=1S/C27H54N2O5/c1-6-7-8-9-10-11-12-13-19-25(31)33-22-17-14-18-24(30)23-28-20-15-16-21-29(5)26(32)34-27(2,3)4/h24,28,30H,6-23H2,1-5H3. The summed E-state index contributed by atoms with van der Waals surface area (Å²) in [6, 6.07) is 0. The molecule has 0 spiro atoms. The van der Waals surface area contributed by atoms with Crippen LogP contribution in [0.4, 0.5) is 4.79 Å². The largest absolute Gasteiger partial charge is 0.466 e. The Labute approximate surface area is 209 Å². The number of nitrogens with one attached hydrogen (secondary N) is 1. The van der Waals surface area contributed by atoms with E-state index in [0.717, 1.165) is 45.1 Å². The number of nitrogens with zero attached hydrogens (tertiary/aromatic N) is 1. The summed E-state index contributed by atoms with van der Waals surface area (Å²) in [5, 5.41) is 13.3. The van der Waals surface area contributed by atoms with Gasteiger partial charge in [0.1, 0.15) is 5.60 Å². The van der Waals surface area contributed by atoms with Gasteiger partial charge in [-0.05, 0) is 65.8 Å². The van der Waals surface area contributed by atoms with Crippen LogP contribution in [0.15, 0.2) is 0 Å². The lowest BCUT2D eigenvalue weighted by atomic mass is 10.1. The highest BCUT2D eigenvalue weighted by Crippen LogP contribution is 2.11. The van der Waals surface area contributed by atoms with Crippen molar-refractivity contribution >= 4 is 12.1 Å². The average Bonchev–Trinajstić information content (AvgIpc) is 2.76. The van der Waals surface area contributed by atoms with E-state index < -0.39 is 11.7 Å². The molecule has 0 aliphatic rings. The SMILES string of the molecule is CCCCCCCCCCC(=O)OCCCCC(O)CNCCCCN(C)C(=O)OC(C)(C)C. The molecule has 0 saturated heterocycles. The van der Waals surface area contributed by atoms with E-state index >= 15 is 0 Å². The number of rotatable bonds is 21. The molecule has 1 unspecified atom stereocenters. The third-order valence-corrected chi connectivity index (χ3v) is 5.61. The normalized spacial score (nSPS) is 12.4. The Balaban J connectivity index is 3.48. The molecule has 0 heterocycles. The second-order valence-electron chi connectivity index (χ2n) is 10.4. The number of hydrogen-bond acceptors (Lipinski definition) is 6. The molecule has 2 N–H and O–H groups in total. The Morgan fingerprint density at radius 3 is 2.21 bits per heavy atom. The minimum Gasteiger partial charge on any atom is -0.466 e. The van der Waals surface area contributed by atoms with Gasteiger partial charge in [-0.15, -0.1) is 0 Å². The molecule has 1 amide bonds. The minimum atomic E-state index is -0.475. The quantitative estimate of drug-likeness (QED) is 0.157. The van der Waals surface area contributed by atoms with E-state index in [-0.39, 0.29) is 12.1 Å². The van der Waals surface area contributed by atoms with Gasteiger partial charge in [0.05, 0.1) is 12.7 Å². The molecule has 34 heavy (non-hydrogen) atoms. The third-order valence-electron chi connectivity index (χ3n) is 5.61. The first-order valence-corrected chi connectivity index (χ1v) is 13.6. The van der Waals surface area contributed by atoms with Crippen LogP contribution < -0.4 is 5.32 Å². The molecule has 0 aromatic heterocycles. The summed E-state index contributed by atoms with van der Waals surface area (Å²) >= 11 is 0. The zero-order valence-corrected chi connectivity index (χ0v) is 22.8. The summed E-state index contributed by atoms with van der Waals surface area (Å²) in [5.41, 5.74) is -0.475. The number of esters is 1. The minimum absolute atomic E-state index is 0.0921. The van der Waals surface area contributed by atoms with E-state index in [2.05, 4.69) is 12.2 Å². The first-order valence-electron chi connectivity index (χ1n) is 13.6. The predicted octanol–water partition coefficient (Wildman–Crippen LogP) is 5.83. The van der Waals surface area contributed by atoms with Gasteiger partial charge in [0.2, 0.25) is 0 Å². The van der Waals surface area contributed by atoms with Gasteiger partial charge in [-0.1, -0.05) is 51.9 Å². The topological polar surface area (TPSA) is 88.1 Å². The molecule has 0 aliphatic heterocycles. The van der Waals surface area contributed by atoms with Crippen molar-refractivity contribution in [3.05, 3.63) is 0 Å². The van der Waals surface area contributed by atoms with Gasteiger partial charge in [-0.2, -0.15) is 0 Å². The summed E-state index contributed by atoms with van der Waals surface area (Å²) in [7, 11) is 1.75. The summed E-state index contributed by atoms with van der Waals surface area (Å²) in [4.78, 5) is 25.3. The molecule has 0 aliphatic carbocycles. The number of ether oxygens (including phenoxy) is 2. The van der Waals surface area contributed by atoms with Crippen molar-refractivity contribution in [1.29, 1.82) is 0 Å². The van der Waals surface area contributed by atoms with E-state index in [1.807, 2.05) is 20.8 Å². The molecule has 202 valence electrons. The molecular weight excluding hydrogens is 432 g/mol. The predicted molar refractivity (Wildman–Crippen MR) is 139 cm³/mol. The van der Waals surface area contributed by atoms with Crippen LogP contribution in [0, 0.1) is 0 Å². The molecule has 0 bridgehead atoms. The van der Waals surface area contributed by atoms with Crippen LogP contribution >= 0.6 is 0 Å². The van der Waals surface area contributed by atoms with Crippen LogP contribution in [-0.2, 0) is 14.3 Å². The number of carbonyl (C=O) groups is 2. The maximum absolute atomic E-state index is 11.9. The van der Waals surface area contributed by atoms with Crippen molar-refractivity contribution in [3.63, 3.8) is 0 Å². The molecule has 0 saturated carbocycles. The number of unbranched alkanes of at least 4 members (excludes halogenated alkanes) is 9. The Hall–Kier alpha value is -1.34. The van der Waals surface area contributed by atoms with Crippen molar-refractivity contribution in [2.24, 2.45) is 0 Å². The average molecular weight is 487 g/mol. The van der Waals surface area contributed by atoms with Crippen LogP contribution in [0.1, 0.15) is 118 Å². The maximum atomic E-state index is 11.9. The highest BCUT2D eigenvalue weighted by Gasteiger charge is 2.19. The van der Waals surface area contributed by atoms with E-state index in [4.69, 9.17) is 9.47 Å². The fraction of sp³-hybridized carbons (Fsp3) is 0.926. The number of amides is 1. The lowest BCUT2D eigenvalue weighted by Gasteiger charge is -2.24. The van der Waals surface area contributed by atoms with E-state index in [1.165, 1.54) is 38.5 Å². The molecule has 0 aromatic rings. The van der Waals surface area contributed by atoms with Gasteiger partial charge >= 0.3 is 12.1 Å². The summed E-state index contributed by atoms with van der Waals surface area (Å²) in [5.74, 6) is -0.0921. The second kappa shape index (κ2) is 21.0. The number of aliphatic hydroxyl groups is 1. The van der Waals surface area contributed by atoms with Crippen molar-refractivity contribution < 1.29 is 24.2 Å². The third kappa shape index (κ3) is 22.5. The molecular formula is C27H54N2O5. The summed E-state index contributed by atoms with van der Waals surface area (Å²) in [6.07, 6.45) is 13.7. The Morgan fingerprint density at radius 2 is 1.56 bits per heavy atom. The van der Waals surface area contributed by atoms with Crippen LogP contribution in [-0.4, -0.2) is 67.1 Å². The van der Waals surface area contributed by atoms with E-state index in [9.17, 15) is 14.7 Å². The van der Waals surface area contributed by atoms with Crippen molar-refractivity contribution in [1.82, 2.24) is 10.2 Å². The van der Waals surface area contributed by atoms with E-state index in [0.29, 0.717) is 32.5 Å². The highest BCUT2D eigenvalue weighted by atomic mass is 16.6. The fourth-order valence-electron chi connectivity index (χ4n) is 3.54. The van der Waals surface area contributed by atoms with Gasteiger partial charge in [0, 0.05) is 26.6 Å². The van der Waals surface area contributed by atoms with Gasteiger partial charge < -0.3 is 24.8 Å². The summed E-state index contributed by atoms with van der Waals surface area (Å²) in [6.45, 7) is 10.3. The molecule has 7 heteroatoms. The molecule has 0 fully saturated rings. The van der Waals surface area contributed by atoms with Crippen LogP contribution in [0.5, 0.6) is 0 Å². The van der Waals surface area contributed by atoms with Gasteiger partial charge in [0.25, 0.3) is 0 Å². The van der Waals surface area contributed by atoms with Crippen molar-refractivity contribution in [2.45, 2.75) is 129 Å². The lowest BCUT2D eigenvalue weighted by molar-refractivity contribution is -0.143. The first kappa shape index (κ1) is 32.7. The van der Waals surface area contributed by atoms with Crippen LogP contribution in [0.3, 0.4) is 0 Å². The smallest absolute Gasteiger partial charge is 0.410 e. The second-order valence-corrected chi connectivity index (χ2v) is 10.4. The monoisotopic (exact) mass is 486 g/mol. The van der Waals surface area contributed by atoms with Crippen LogP contribution in [0.2, 0.25) is 0 Å². The zero-order valence-electron chi connectivity index (χ0n) is 22.8.